The van der Waals surface area contributed by atoms with Crippen molar-refractivity contribution in [2.24, 2.45) is 11.7 Å². The van der Waals surface area contributed by atoms with E-state index in [1.54, 1.807) is 0 Å². The van der Waals surface area contributed by atoms with Gasteiger partial charge in [0.1, 0.15) is 0 Å². The predicted molar refractivity (Wildman–Crippen MR) is 73.3 cm³/mol. The van der Waals surface area contributed by atoms with E-state index in [0.29, 0.717) is 5.92 Å². The fraction of sp³-hybridized carbons (Fsp3) is 0.909. The second-order valence-electron chi connectivity index (χ2n) is 4.54. The normalized spacial score (nSPS) is 18.5. The summed E-state index contributed by atoms with van der Waals surface area (Å²) in [6.45, 7) is 0.285. The number of carbonyl (C=O) groups is 1. The van der Waals surface area contributed by atoms with Crippen LogP contribution in [0.15, 0.2) is 0 Å². The minimum atomic E-state index is -4.36. The molecule has 0 saturated heterocycles. The van der Waals surface area contributed by atoms with E-state index in [1.165, 1.54) is 6.42 Å². The number of halogens is 4. The summed E-state index contributed by atoms with van der Waals surface area (Å²) in [5.41, 5.74) is 1.23. The molecular formula is C11H20ClF3N2OS. The van der Waals surface area contributed by atoms with Gasteiger partial charge in [0.05, 0.1) is 5.75 Å². The van der Waals surface area contributed by atoms with Gasteiger partial charge in [-0.25, -0.2) is 0 Å². The first-order valence-electron chi connectivity index (χ1n) is 6.12. The maximum atomic E-state index is 11.9. The minimum Gasteiger partial charge on any atom is -0.351 e. The van der Waals surface area contributed by atoms with E-state index in [9.17, 15) is 18.0 Å². The molecule has 0 aromatic rings. The average molecular weight is 321 g/mol. The van der Waals surface area contributed by atoms with Gasteiger partial charge in [-0.2, -0.15) is 13.2 Å². The van der Waals surface area contributed by atoms with Gasteiger partial charge in [0.2, 0.25) is 5.91 Å². The number of carbonyl (C=O) groups excluding carboxylic acids is 1. The summed E-state index contributed by atoms with van der Waals surface area (Å²) in [7, 11) is 0. The lowest BCUT2D eigenvalue weighted by molar-refractivity contribution is -0.119. The summed E-state index contributed by atoms with van der Waals surface area (Å²) >= 11 is -0.312. The van der Waals surface area contributed by atoms with Gasteiger partial charge < -0.3 is 11.1 Å². The Bertz CT molecular complexity index is 273. The molecule has 0 heterocycles. The van der Waals surface area contributed by atoms with Crippen molar-refractivity contribution >= 4 is 30.1 Å². The topological polar surface area (TPSA) is 55.1 Å². The van der Waals surface area contributed by atoms with Crippen molar-refractivity contribution in [2.45, 2.75) is 43.7 Å². The zero-order chi connectivity index (χ0) is 13.6. The van der Waals surface area contributed by atoms with Gasteiger partial charge >= 0.3 is 5.51 Å². The summed E-state index contributed by atoms with van der Waals surface area (Å²) in [5.74, 6) is -0.867. The first-order valence-corrected chi connectivity index (χ1v) is 7.11. The summed E-state index contributed by atoms with van der Waals surface area (Å²) in [5, 5.41) is 2.62. The van der Waals surface area contributed by atoms with Crippen LogP contribution in [0.5, 0.6) is 0 Å². The molecule has 19 heavy (non-hydrogen) atoms. The third-order valence-corrected chi connectivity index (χ3v) is 3.92. The number of nitrogens with one attached hydrogen (secondary N) is 1. The van der Waals surface area contributed by atoms with Crippen LogP contribution in [0.25, 0.3) is 0 Å². The van der Waals surface area contributed by atoms with Crippen LogP contribution < -0.4 is 11.1 Å². The lowest BCUT2D eigenvalue weighted by Gasteiger charge is -2.30. The Morgan fingerprint density at radius 1 is 1.32 bits per heavy atom. The number of amides is 1. The Kier molecular flexibility index (Phi) is 8.85. The number of thioether (sulfide) groups is 1. The summed E-state index contributed by atoms with van der Waals surface area (Å²) in [6, 6.07) is -0.188. The second kappa shape index (κ2) is 8.92. The van der Waals surface area contributed by atoms with E-state index in [2.05, 4.69) is 5.32 Å². The molecule has 1 atom stereocenters. The first-order chi connectivity index (χ1) is 8.42. The fourth-order valence-electron chi connectivity index (χ4n) is 2.30. The van der Waals surface area contributed by atoms with E-state index < -0.39 is 17.2 Å². The van der Waals surface area contributed by atoms with Crippen molar-refractivity contribution in [3.63, 3.8) is 0 Å². The Morgan fingerprint density at radius 2 is 1.89 bits per heavy atom. The Labute approximate surface area is 121 Å². The predicted octanol–water partition coefficient (Wildman–Crippen LogP) is 2.69. The van der Waals surface area contributed by atoms with Crippen LogP contribution in [0.2, 0.25) is 0 Å². The van der Waals surface area contributed by atoms with Crippen LogP contribution in [0.3, 0.4) is 0 Å². The van der Waals surface area contributed by atoms with Crippen LogP contribution in [0, 0.1) is 5.92 Å². The van der Waals surface area contributed by atoms with Gasteiger partial charge in [-0.1, -0.05) is 19.3 Å². The molecule has 1 fully saturated rings. The van der Waals surface area contributed by atoms with E-state index >= 15 is 0 Å². The van der Waals surface area contributed by atoms with E-state index in [0.717, 1.165) is 25.7 Å². The summed E-state index contributed by atoms with van der Waals surface area (Å²) < 4.78 is 35.8. The molecule has 0 aromatic heterocycles. The molecule has 0 aliphatic heterocycles. The highest BCUT2D eigenvalue weighted by atomic mass is 35.5. The lowest BCUT2D eigenvalue weighted by Crippen LogP contribution is -2.46. The standard InChI is InChI=1S/C11H19F3N2OS.ClH/c12-11(13,14)18-7-10(17)16-9(6-15)8-4-2-1-3-5-8;/h8-9H,1-7,15H2,(H,16,17);1H. The van der Waals surface area contributed by atoms with E-state index in [4.69, 9.17) is 5.73 Å². The quantitative estimate of drug-likeness (QED) is 0.819. The monoisotopic (exact) mass is 320 g/mol. The highest BCUT2D eigenvalue weighted by Gasteiger charge is 2.30. The third kappa shape index (κ3) is 7.89. The molecule has 0 aromatic carbocycles. The highest BCUT2D eigenvalue weighted by Crippen LogP contribution is 2.30. The van der Waals surface area contributed by atoms with Crippen molar-refractivity contribution in [3.05, 3.63) is 0 Å². The molecule has 1 amide bonds. The molecule has 3 N–H and O–H groups in total. The number of rotatable bonds is 5. The molecule has 1 aliphatic rings. The number of hydrogen-bond donors (Lipinski definition) is 2. The summed E-state index contributed by atoms with van der Waals surface area (Å²) in [6.07, 6.45) is 5.39. The van der Waals surface area contributed by atoms with Crippen molar-refractivity contribution < 1.29 is 18.0 Å². The molecule has 0 bridgehead atoms. The smallest absolute Gasteiger partial charge is 0.351 e. The van der Waals surface area contributed by atoms with Crippen LogP contribution in [0.1, 0.15) is 32.1 Å². The number of alkyl halides is 3. The SMILES string of the molecule is Cl.NCC(NC(=O)CSC(F)(F)F)C1CCCCC1. The van der Waals surface area contributed by atoms with Crippen LogP contribution >= 0.6 is 24.2 Å². The summed E-state index contributed by atoms with van der Waals surface area (Å²) in [4.78, 5) is 11.4. The molecular weight excluding hydrogens is 301 g/mol. The maximum Gasteiger partial charge on any atom is 0.442 e. The highest BCUT2D eigenvalue weighted by molar-refractivity contribution is 8.00. The van der Waals surface area contributed by atoms with Crippen LogP contribution in [-0.2, 0) is 4.79 Å². The van der Waals surface area contributed by atoms with Crippen molar-refractivity contribution in [3.8, 4) is 0 Å². The van der Waals surface area contributed by atoms with Gasteiger partial charge in [-0.05, 0) is 30.5 Å². The van der Waals surface area contributed by atoms with Crippen molar-refractivity contribution in [1.29, 1.82) is 0 Å². The Balaban J connectivity index is 0.00000324. The third-order valence-electron chi connectivity index (χ3n) is 3.19. The second-order valence-corrected chi connectivity index (χ2v) is 5.58. The van der Waals surface area contributed by atoms with Gasteiger partial charge in [0.15, 0.2) is 0 Å². The van der Waals surface area contributed by atoms with Gasteiger partial charge in [0, 0.05) is 12.6 Å². The molecule has 1 aliphatic carbocycles. The van der Waals surface area contributed by atoms with Gasteiger partial charge in [-0.3, -0.25) is 4.79 Å². The number of nitrogens with two attached hydrogens (primary N) is 1. The van der Waals surface area contributed by atoms with Crippen LogP contribution in [-0.4, -0.2) is 29.8 Å². The van der Waals surface area contributed by atoms with E-state index in [-0.39, 0.29) is 36.8 Å². The van der Waals surface area contributed by atoms with Crippen LogP contribution in [0.4, 0.5) is 13.2 Å². The first kappa shape index (κ1) is 18.9. The van der Waals surface area contributed by atoms with Gasteiger partial charge in [0.25, 0.3) is 0 Å². The molecule has 1 rings (SSSR count). The molecule has 114 valence electrons. The lowest BCUT2D eigenvalue weighted by atomic mass is 9.84. The molecule has 1 unspecified atom stereocenters. The van der Waals surface area contributed by atoms with Gasteiger partial charge in [-0.15, -0.1) is 12.4 Å². The molecule has 3 nitrogen and oxygen atoms in total. The molecule has 8 heteroatoms. The Hall–Kier alpha value is -0.140. The molecule has 0 radical (unpaired) electrons. The molecule has 0 spiro atoms. The van der Waals surface area contributed by atoms with Crippen molar-refractivity contribution in [2.75, 3.05) is 12.3 Å². The minimum absolute atomic E-state index is 0. The average Bonchev–Trinajstić information content (AvgIpc) is 2.33. The zero-order valence-corrected chi connectivity index (χ0v) is 12.2. The Morgan fingerprint density at radius 3 is 2.37 bits per heavy atom. The maximum absolute atomic E-state index is 11.9. The largest absolute Gasteiger partial charge is 0.442 e. The van der Waals surface area contributed by atoms with Crippen molar-refractivity contribution in [1.82, 2.24) is 5.32 Å². The molecule has 1 saturated carbocycles. The zero-order valence-electron chi connectivity index (χ0n) is 10.5. The number of hydrogen-bond acceptors (Lipinski definition) is 3. The fourth-order valence-corrected chi connectivity index (χ4v) is 2.68. The van der Waals surface area contributed by atoms with E-state index in [1.807, 2.05) is 0 Å².